The Morgan fingerprint density at radius 3 is 2.19 bits per heavy atom. The van der Waals surface area contributed by atoms with Gasteiger partial charge >= 0.3 is 0 Å². The van der Waals surface area contributed by atoms with Crippen LogP contribution in [0.15, 0.2) is 48.5 Å². The van der Waals surface area contributed by atoms with Crippen LogP contribution in [0.25, 0.3) is 0 Å². The van der Waals surface area contributed by atoms with Crippen LogP contribution in [0.1, 0.15) is 26.2 Å². The Morgan fingerprint density at radius 2 is 1.46 bits per heavy atom. The third-order valence-corrected chi connectivity index (χ3v) is 6.07. The number of rotatable bonds is 4. The summed E-state index contributed by atoms with van der Waals surface area (Å²) >= 11 is 6.48. The Morgan fingerprint density at radius 1 is 0.808 bits per heavy atom. The average molecular weight is 370 g/mol. The number of halogens is 1. The van der Waals surface area contributed by atoms with Crippen molar-refractivity contribution in [2.24, 2.45) is 0 Å². The van der Waals surface area contributed by atoms with Crippen LogP contribution in [0.2, 0.25) is 5.02 Å². The molecule has 2 aliphatic rings. The standard InChI is InChI=1S/C22H28ClN3/c1-18(24-13-7-2-8-14-24)17-25-15-16-26(20-10-4-3-9-19(20)23)22-12-6-5-11-21(22)25/h3-6,9-12,18H,2,7-8,13-17H2,1H3. The Kier molecular flexibility index (Phi) is 5.37. The quantitative estimate of drug-likeness (QED) is 0.735. The van der Waals surface area contributed by atoms with E-state index in [9.17, 15) is 0 Å². The van der Waals surface area contributed by atoms with Crippen molar-refractivity contribution in [2.75, 3.05) is 42.5 Å². The monoisotopic (exact) mass is 369 g/mol. The van der Waals surface area contributed by atoms with E-state index in [1.807, 2.05) is 12.1 Å². The van der Waals surface area contributed by atoms with Gasteiger partial charge in [0.15, 0.2) is 0 Å². The molecule has 0 N–H and O–H groups in total. The van der Waals surface area contributed by atoms with Gasteiger partial charge in [-0.2, -0.15) is 0 Å². The van der Waals surface area contributed by atoms with Gasteiger partial charge in [0.2, 0.25) is 0 Å². The summed E-state index contributed by atoms with van der Waals surface area (Å²) < 4.78 is 0. The number of piperidine rings is 1. The fourth-order valence-electron chi connectivity index (χ4n) is 4.33. The van der Waals surface area contributed by atoms with Crippen molar-refractivity contribution in [3.05, 3.63) is 53.6 Å². The third kappa shape index (κ3) is 3.56. The molecule has 0 bridgehead atoms. The predicted octanol–water partition coefficient (Wildman–Crippen LogP) is 5.17. The highest BCUT2D eigenvalue weighted by molar-refractivity contribution is 6.33. The number of nitrogens with zero attached hydrogens (tertiary/aromatic N) is 3. The molecule has 0 amide bonds. The van der Waals surface area contributed by atoms with Gasteiger partial charge in [-0.05, 0) is 57.1 Å². The molecule has 138 valence electrons. The molecule has 2 heterocycles. The minimum Gasteiger partial charge on any atom is -0.367 e. The van der Waals surface area contributed by atoms with Crippen molar-refractivity contribution >= 4 is 28.7 Å². The lowest BCUT2D eigenvalue weighted by molar-refractivity contribution is 0.176. The molecule has 2 aromatic carbocycles. The van der Waals surface area contributed by atoms with Gasteiger partial charge in [0.05, 0.1) is 22.1 Å². The van der Waals surface area contributed by atoms with Crippen molar-refractivity contribution in [1.82, 2.24) is 4.90 Å². The second-order valence-corrected chi connectivity index (χ2v) is 7.89. The van der Waals surface area contributed by atoms with Crippen LogP contribution in [0, 0.1) is 0 Å². The van der Waals surface area contributed by atoms with Gasteiger partial charge in [0, 0.05) is 25.7 Å². The maximum Gasteiger partial charge on any atom is 0.0649 e. The summed E-state index contributed by atoms with van der Waals surface area (Å²) in [5, 5.41) is 0.817. The van der Waals surface area contributed by atoms with Crippen LogP contribution >= 0.6 is 11.6 Å². The van der Waals surface area contributed by atoms with Crippen LogP contribution in [0.3, 0.4) is 0 Å². The first kappa shape index (κ1) is 17.7. The number of para-hydroxylation sites is 3. The molecular formula is C22H28ClN3. The lowest BCUT2D eigenvalue weighted by Gasteiger charge is -2.42. The highest BCUT2D eigenvalue weighted by Gasteiger charge is 2.27. The van der Waals surface area contributed by atoms with Crippen LogP contribution in [-0.2, 0) is 0 Å². The lowest BCUT2D eigenvalue weighted by Crippen LogP contribution is -2.48. The molecular weight excluding hydrogens is 342 g/mol. The zero-order valence-corrected chi connectivity index (χ0v) is 16.3. The average Bonchev–Trinajstić information content (AvgIpc) is 2.69. The Hall–Kier alpha value is -1.71. The summed E-state index contributed by atoms with van der Waals surface area (Å²) in [6.45, 7) is 7.97. The maximum absolute atomic E-state index is 6.48. The molecule has 1 fully saturated rings. The fraction of sp³-hybridized carbons (Fsp3) is 0.455. The summed E-state index contributed by atoms with van der Waals surface area (Å²) in [5.41, 5.74) is 3.69. The lowest BCUT2D eigenvalue weighted by atomic mass is 10.1. The Bertz CT molecular complexity index is 742. The van der Waals surface area contributed by atoms with Crippen molar-refractivity contribution in [3.8, 4) is 0 Å². The van der Waals surface area contributed by atoms with Crippen molar-refractivity contribution in [1.29, 1.82) is 0 Å². The predicted molar refractivity (Wildman–Crippen MR) is 112 cm³/mol. The second kappa shape index (κ2) is 7.89. The molecule has 4 rings (SSSR count). The highest BCUT2D eigenvalue weighted by atomic mass is 35.5. The van der Waals surface area contributed by atoms with E-state index in [4.69, 9.17) is 11.6 Å². The number of likely N-dealkylation sites (tertiary alicyclic amines) is 1. The molecule has 4 heteroatoms. The third-order valence-electron chi connectivity index (χ3n) is 5.75. The Balaban J connectivity index is 1.57. The minimum absolute atomic E-state index is 0.593. The van der Waals surface area contributed by atoms with Gasteiger partial charge in [-0.25, -0.2) is 0 Å². The summed E-state index contributed by atoms with van der Waals surface area (Å²) in [6, 6.07) is 17.5. The molecule has 0 aromatic heterocycles. The number of hydrogen-bond acceptors (Lipinski definition) is 3. The molecule has 0 saturated carbocycles. The molecule has 26 heavy (non-hydrogen) atoms. The SMILES string of the molecule is CC(CN1CCN(c2ccccc2Cl)c2ccccc21)N1CCCCC1. The molecule has 1 atom stereocenters. The molecule has 3 nitrogen and oxygen atoms in total. The van der Waals surface area contributed by atoms with Gasteiger partial charge in [-0.15, -0.1) is 0 Å². The van der Waals surface area contributed by atoms with Gasteiger partial charge in [0.25, 0.3) is 0 Å². The zero-order valence-electron chi connectivity index (χ0n) is 15.6. The molecule has 1 unspecified atom stereocenters. The molecule has 0 aliphatic carbocycles. The normalized spacial score (nSPS) is 19.3. The van der Waals surface area contributed by atoms with Crippen LogP contribution in [0.4, 0.5) is 17.1 Å². The largest absolute Gasteiger partial charge is 0.367 e. The molecule has 2 aromatic rings. The topological polar surface area (TPSA) is 9.72 Å². The van der Waals surface area contributed by atoms with Crippen molar-refractivity contribution < 1.29 is 0 Å². The highest BCUT2D eigenvalue weighted by Crippen LogP contribution is 2.40. The maximum atomic E-state index is 6.48. The molecule has 0 spiro atoms. The van der Waals surface area contributed by atoms with Gasteiger partial charge in [0.1, 0.15) is 0 Å². The van der Waals surface area contributed by atoms with E-state index in [2.05, 4.69) is 58.0 Å². The van der Waals surface area contributed by atoms with Gasteiger partial charge in [-0.1, -0.05) is 42.3 Å². The minimum atomic E-state index is 0.593. The van der Waals surface area contributed by atoms with E-state index in [0.29, 0.717) is 6.04 Å². The van der Waals surface area contributed by atoms with Crippen LogP contribution < -0.4 is 9.80 Å². The summed E-state index contributed by atoms with van der Waals surface area (Å²) in [7, 11) is 0. The van der Waals surface area contributed by atoms with E-state index in [-0.39, 0.29) is 0 Å². The first-order chi connectivity index (χ1) is 12.7. The Labute approximate surface area is 162 Å². The van der Waals surface area contributed by atoms with Crippen LogP contribution in [-0.4, -0.2) is 43.7 Å². The number of fused-ring (bicyclic) bond motifs is 1. The van der Waals surface area contributed by atoms with E-state index in [1.54, 1.807) is 0 Å². The van der Waals surface area contributed by atoms with E-state index >= 15 is 0 Å². The first-order valence-corrected chi connectivity index (χ1v) is 10.2. The summed E-state index contributed by atoms with van der Waals surface area (Å²) in [6.07, 6.45) is 4.09. The fourth-order valence-corrected chi connectivity index (χ4v) is 4.56. The number of anilines is 3. The molecule has 2 aliphatic heterocycles. The second-order valence-electron chi connectivity index (χ2n) is 7.48. The smallest absolute Gasteiger partial charge is 0.0649 e. The van der Waals surface area contributed by atoms with E-state index < -0.39 is 0 Å². The molecule has 1 saturated heterocycles. The van der Waals surface area contributed by atoms with Gasteiger partial charge < -0.3 is 9.80 Å². The summed E-state index contributed by atoms with van der Waals surface area (Å²) in [4.78, 5) is 7.58. The van der Waals surface area contributed by atoms with Crippen molar-refractivity contribution in [2.45, 2.75) is 32.2 Å². The van der Waals surface area contributed by atoms with E-state index in [0.717, 1.165) is 30.3 Å². The van der Waals surface area contributed by atoms with Crippen LogP contribution in [0.5, 0.6) is 0 Å². The number of benzene rings is 2. The van der Waals surface area contributed by atoms with Gasteiger partial charge in [-0.3, -0.25) is 4.90 Å². The molecule has 0 radical (unpaired) electrons. The zero-order chi connectivity index (χ0) is 17.9. The van der Waals surface area contributed by atoms with E-state index in [1.165, 1.54) is 43.7 Å². The number of hydrogen-bond donors (Lipinski definition) is 0. The van der Waals surface area contributed by atoms with Crippen molar-refractivity contribution in [3.63, 3.8) is 0 Å². The summed E-state index contributed by atoms with van der Waals surface area (Å²) in [5.74, 6) is 0. The first-order valence-electron chi connectivity index (χ1n) is 9.84.